The van der Waals surface area contributed by atoms with Crippen LogP contribution in [0.15, 0.2) is 38.0 Å². The maximum Gasteiger partial charge on any atom is 0.280 e. The molecule has 0 fully saturated rings. The fraction of sp³-hybridized carbons (Fsp3) is 0.455. The van der Waals surface area contributed by atoms with Gasteiger partial charge >= 0.3 is 0 Å². The molecule has 0 spiro atoms. The molecule has 0 unspecified atom stereocenters. The Labute approximate surface area is 94.8 Å². The molecule has 0 aliphatic rings. The van der Waals surface area contributed by atoms with E-state index in [2.05, 4.69) is 19.7 Å². The predicted molar refractivity (Wildman–Crippen MR) is 65.9 cm³/mol. The summed E-state index contributed by atoms with van der Waals surface area (Å²) in [7, 11) is 0.919. The smallest absolute Gasteiger partial charge is 0.280 e. The van der Waals surface area contributed by atoms with Crippen LogP contribution in [0, 0.1) is 0 Å². The second-order valence-electron chi connectivity index (χ2n) is 2.84. The predicted octanol–water partition coefficient (Wildman–Crippen LogP) is 1.03. The molecule has 15 heavy (non-hydrogen) atoms. The van der Waals surface area contributed by atoms with Gasteiger partial charge in [-0.2, -0.15) is 0 Å². The van der Waals surface area contributed by atoms with Gasteiger partial charge in [-0.25, -0.2) is 0 Å². The number of rotatable bonds is 10. The van der Waals surface area contributed by atoms with E-state index in [1.54, 1.807) is 18.2 Å². The second kappa shape index (κ2) is 8.61. The number of hydrogen-bond donors (Lipinski definition) is 0. The third-order valence-corrected chi connectivity index (χ3v) is 2.56. The Bertz CT molecular complexity index is 173. The Kier molecular flexibility index (Phi) is 8.22. The van der Waals surface area contributed by atoms with Crippen LogP contribution in [0.4, 0.5) is 0 Å². The summed E-state index contributed by atoms with van der Waals surface area (Å²) in [6.07, 6.45) is 5.00. The molecule has 0 aliphatic carbocycles. The van der Waals surface area contributed by atoms with Crippen molar-refractivity contribution < 1.29 is 14.2 Å². The van der Waals surface area contributed by atoms with Crippen LogP contribution in [0.25, 0.3) is 0 Å². The zero-order chi connectivity index (χ0) is 11.6. The average Bonchev–Trinajstić information content (AvgIpc) is 2.29. The first-order valence-corrected chi connectivity index (χ1v) is 6.40. The molecule has 4 heteroatoms. The van der Waals surface area contributed by atoms with Gasteiger partial charge in [0, 0.05) is 16.3 Å². The van der Waals surface area contributed by atoms with Gasteiger partial charge in [0.2, 0.25) is 0 Å². The van der Waals surface area contributed by atoms with E-state index in [1.807, 2.05) is 0 Å². The van der Waals surface area contributed by atoms with Crippen molar-refractivity contribution in [2.75, 3.05) is 19.8 Å². The van der Waals surface area contributed by atoms with Gasteiger partial charge in [0.15, 0.2) is 0 Å². The monoisotopic (exact) mass is 228 g/mol. The molecule has 0 aliphatic heterocycles. The molecule has 0 aromatic rings. The lowest BCUT2D eigenvalue weighted by atomic mass is 10.5. The third kappa shape index (κ3) is 5.69. The van der Waals surface area contributed by atoms with Crippen LogP contribution in [0.2, 0.25) is 6.04 Å². The maximum absolute atomic E-state index is 5.51. The highest BCUT2D eigenvalue weighted by atomic mass is 28.1. The van der Waals surface area contributed by atoms with E-state index in [9.17, 15) is 0 Å². The van der Waals surface area contributed by atoms with E-state index in [4.69, 9.17) is 14.2 Å². The average molecular weight is 228 g/mol. The van der Waals surface area contributed by atoms with Crippen molar-refractivity contribution in [3.8, 4) is 0 Å². The van der Waals surface area contributed by atoms with E-state index in [0.717, 1.165) is 16.3 Å². The van der Waals surface area contributed by atoms with Crippen LogP contribution < -0.4 is 0 Å². The minimum absolute atomic E-state index is 0.399. The fourth-order valence-electron chi connectivity index (χ4n) is 0.989. The molecule has 0 amide bonds. The van der Waals surface area contributed by atoms with Crippen molar-refractivity contribution >= 4 is 10.2 Å². The SMILES string of the molecule is C=CCOC(C[SiH3])(OCC=C)OCC=C. The van der Waals surface area contributed by atoms with Gasteiger partial charge in [-0.3, -0.25) is 0 Å². The zero-order valence-corrected chi connectivity index (χ0v) is 11.4. The lowest BCUT2D eigenvalue weighted by molar-refractivity contribution is -0.358. The van der Waals surface area contributed by atoms with Gasteiger partial charge in [0.1, 0.15) is 0 Å². The molecule has 3 nitrogen and oxygen atoms in total. The number of hydrogen-bond acceptors (Lipinski definition) is 3. The molecule has 0 aromatic heterocycles. The van der Waals surface area contributed by atoms with Gasteiger partial charge in [-0.05, 0) is 0 Å². The van der Waals surface area contributed by atoms with Crippen molar-refractivity contribution in [1.29, 1.82) is 0 Å². The van der Waals surface area contributed by atoms with Crippen molar-refractivity contribution in [3.63, 3.8) is 0 Å². The fourth-order valence-corrected chi connectivity index (χ4v) is 1.60. The van der Waals surface area contributed by atoms with E-state index < -0.39 is 5.97 Å². The molecule has 0 N–H and O–H groups in total. The van der Waals surface area contributed by atoms with Gasteiger partial charge in [0.05, 0.1) is 19.8 Å². The second-order valence-corrected chi connectivity index (χ2v) is 3.54. The first-order chi connectivity index (χ1) is 7.24. The summed E-state index contributed by atoms with van der Waals surface area (Å²) >= 11 is 0. The normalized spacial score (nSPS) is 11.2. The molecule has 0 rings (SSSR count). The topological polar surface area (TPSA) is 27.7 Å². The molecule has 0 heterocycles. The molecule has 0 atom stereocenters. The van der Waals surface area contributed by atoms with Crippen LogP contribution in [-0.2, 0) is 14.2 Å². The van der Waals surface area contributed by atoms with Crippen molar-refractivity contribution in [2.24, 2.45) is 0 Å². The summed E-state index contributed by atoms with van der Waals surface area (Å²) in [6.45, 7) is 12.0. The van der Waals surface area contributed by atoms with E-state index >= 15 is 0 Å². The van der Waals surface area contributed by atoms with E-state index in [1.165, 1.54) is 0 Å². The highest BCUT2D eigenvalue weighted by Crippen LogP contribution is 2.19. The minimum Gasteiger partial charge on any atom is -0.324 e. The lowest BCUT2D eigenvalue weighted by Gasteiger charge is -2.31. The quantitative estimate of drug-likeness (QED) is 0.317. The van der Waals surface area contributed by atoms with Crippen molar-refractivity contribution in [2.45, 2.75) is 12.0 Å². The Morgan fingerprint density at radius 1 is 0.867 bits per heavy atom. The minimum atomic E-state index is -0.956. The van der Waals surface area contributed by atoms with Gasteiger partial charge in [-0.15, -0.1) is 19.7 Å². The summed E-state index contributed by atoms with van der Waals surface area (Å²) < 4.78 is 16.5. The van der Waals surface area contributed by atoms with E-state index in [-0.39, 0.29) is 0 Å². The highest BCUT2D eigenvalue weighted by molar-refractivity contribution is 6.09. The largest absolute Gasteiger partial charge is 0.324 e. The summed E-state index contributed by atoms with van der Waals surface area (Å²) in [4.78, 5) is 0. The lowest BCUT2D eigenvalue weighted by Crippen LogP contribution is -2.39. The Hall–Kier alpha value is -0.683. The molecule has 0 aromatic carbocycles. The molecule has 0 saturated carbocycles. The molecule has 0 saturated heterocycles. The first kappa shape index (κ1) is 14.3. The Morgan fingerprint density at radius 2 is 1.20 bits per heavy atom. The Balaban J connectivity index is 4.34. The maximum atomic E-state index is 5.51. The van der Waals surface area contributed by atoms with Crippen LogP contribution in [0.5, 0.6) is 0 Å². The highest BCUT2D eigenvalue weighted by Gasteiger charge is 2.30. The molecule has 0 radical (unpaired) electrons. The summed E-state index contributed by atoms with van der Waals surface area (Å²) in [6, 6.07) is 0.725. The summed E-state index contributed by atoms with van der Waals surface area (Å²) in [5.74, 6) is -0.956. The molecular formula is C11H20O3Si. The van der Waals surface area contributed by atoms with Crippen LogP contribution >= 0.6 is 0 Å². The molecule has 86 valence electrons. The summed E-state index contributed by atoms with van der Waals surface area (Å²) in [5, 5.41) is 0. The first-order valence-electron chi connectivity index (χ1n) is 4.99. The van der Waals surface area contributed by atoms with Crippen LogP contribution in [0.3, 0.4) is 0 Å². The molecular weight excluding hydrogens is 208 g/mol. The standard InChI is InChI=1S/C11H20O3Si/c1-4-7-12-11(10-15,13-8-5-2)14-9-6-3/h4-6H,1-3,7-10H2,15H3. The number of ether oxygens (including phenoxy) is 3. The van der Waals surface area contributed by atoms with Gasteiger partial charge in [0.25, 0.3) is 5.97 Å². The van der Waals surface area contributed by atoms with Crippen LogP contribution in [0.1, 0.15) is 0 Å². The summed E-state index contributed by atoms with van der Waals surface area (Å²) in [5.41, 5.74) is 0. The van der Waals surface area contributed by atoms with Crippen molar-refractivity contribution in [1.82, 2.24) is 0 Å². The Morgan fingerprint density at radius 3 is 1.40 bits per heavy atom. The van der Waals surface area contributed by atoms with Gasteiger partial charge < -0.3 is 14.2 Å². The third-order valence-electron chi connectivity index (χ3n) is 1.70. The molecule has 0 bridgehead atoms. The van der Waals surface area contributed by atoms with Crippen molar-refractivity contribution in [3.05, 3.63) is 38.0 Å². The van der Waals surface area contributed by atoms with Gasteiger partial charge in [-0.1, -0.05) is 18.2 Å². The zero-order valence-electron chi connectivity index (χ0n) is 9.41. The van der Waals surface area contributed by atoms with E-state index in [0.29, 0.717) is 19.8 Å². The van der Waals surface area contributed by atoms with Crippen LogP contribution in [-0.4, -0.2) is 36.0 Å².